The van der Waals surface area contributed by atoms with Crippen molar-refractivity contribution in [3.63, 3.8) is 0 Å². The normalized spacial score (nSPS) is 13.5. The van der Waals surface area contributed by atoms with Gasteiger partial charge in [0.15, 0.2) is 6.61 Å². The molecule has 0 unspecified atom stereocenters. The fourth-order valence-electron chi connectivity index (χ4n) is 2.84. The Labute approximate surface area is 185 Å². The fourth-order valence-corrected chi connectivity index (χ4v) is 2.84. The van der Waals surface area contributed by atoms with Gasteiger partial charge in [-0.05, 0) is 36.4 Å². The second-order valence-corrected chi connectivity index (χ2v) is 6.70. The number of amides is 3. The number of hydrogen-bond acceptors (Lipinski definition) is 7. The summed E-state index contributed by atoms with van der Waals surface area (Å²) < 4.78 is 15.9. The second-order valence-electron chi connectivity index (χ2n) is 6.70. The van der Waals surface area contributed by atoms with E-state index < -0.39 is 11.8 Å². The summed E-state index contributed by atoms with van der Waals surface area (Å²) in [5.74, 6) is -0.881. The molecule has 1 heterocycles. The minimum atomic E-state index is -0.932. The highest BCUT2D eigenvalue weighted by Gasteiger charge is 2.17. The van der Waals surface area contributed by atoms with Crippen molar-refractivity contribution >= 4 is 29.6 Å². The molecule has 1 aliphatic heterocycles. The van der Waals surface area contributed by atoms with Crippen molar-refractivity contribution in [3.05, 3.63) is 54.1 Å². The highest BCUT2D eigenvalue weighted by Crippen LogP contribution is 2.16. The minimum absolute atomic E-state index is 0.124. The van der Waals surface area contributed by atoms with Crippen molar-refractivity contribution in [2.75, 3.05) is 45.3 Å². The Morgan fingerprint density at radius 1 is 1.06 bits per heavy atom. The average molecular weight is 440 g/mol. The zero-order valence-corrected chi connectivity index (χ0v) is 17.6. The third-order valence-corrected chi connectivity index (χ3v) is 4.56. The third kappa shape index (κ3) is 6.54. The van der Waals surface area contributed by atoms with E-state index in [1.165, 1.54) is 13.3 Å². The van der Waals surface area contributed by atoms with Crippen LogP contribution in [0, 0.1) is 0 Å². The summed E-state index contributed by atoms with van der Waals surface area (Å²) in [6, 6.07) is 13.5. The highest BCUT2D eigenvalue weighted by molar-refractivity contribution is 6.39. The molecule has 2 aromatic rings. The molecule has 10 heteroatoms. The topological polar surface area (TPSA) is 119 Å². The summed E-state index contributed by atoms with van der Waals surface area (Å²) in [4.78, 5) is 37.9. The second kappa shape index (κ2) is 11.5. The van der Waals surface area contributed by atoms with Crippen molar-refractivity contribution in [1.29, 1.82) is 0 Å². The zero-order chi connectivity index (χ0) is 22.8. The quantitative estimate of drug-likeness (QED) is 0.377. The van der Waals surface area contributed by atoms with Gasteiger partial charge in [0.2, 0.25) is 0 Å². The molecule has 0 saturated carbocycles. The van der Waals surface area contributed by atoms with Crippen LogP contribution in [0.15, 0.2) is 53.6 Å². The van der Waals surface area contributed by atoms with E-state index in [-0.39, 0.29) is 12.5 Å². The van der Waals surface area contributed by atoms with Crippen LogP contribution in [0.5, 0.6) is 11.5 Å². The molecule has 3 rings (SSSR count). The van der Waals surface area contributed by atoms with Crippen molar-refractivity contribution in [2.45, 2.75) is 0 Å². The van der Waals surface area contributed by atoms with Crippen LogP contribution in [0.25, 0.3) is 0 Å². The molecule has 0 radical (unpaired) electrons. The number of para-hydroxylation sites is 1. The predicted octanol–water partition coefficient (Wildman–Crippen LogP) is 1.02. The van der Waals surface area contributed by atoms with Gasteiger partial charge in [0.1, 0.15) is 11.5 Å². The number of rotatable bonds is 7. The number of anilines is 1. The smallest absolute Gasteiger partial charge is 0.329 e. The van der Waals surface area contributed by atoms with Crippen LogP contribution in [0.2, 0.25) is 0 Å². The largest absolute Gasteiger partial charge is 0.497 e. The average Bonchev–Trinajstić information content (AvgIpc) is 2.84. The molecule has 1 fully saturated rings. The summed E-state index contributed by atoms with van der Waals surface area (Å²) in [6.07, 6.45) is 1.34. The molecule has 168 valence electrons. The molecule has 0 aromatic heterocycles. The Kier molecular flexibility index (Phi) is 8.15. The Morgan fingerprint density at radius 3 is 2.50 bits per heavy atom. The number of carbonyl (C=O) groups excluding carboxylic acids is 3. The lowest BCUT2D eigenvalue weighted by molar-refractivity contribution is -0.137. The maximum atomic E-state index is 12.3. The Hall–Kier alpha value is -3.92. The van der Waals surface area contributed by atoms with Crippen molar-refractivity contribution in [2.24, 2.45) is 5.10 Å². The third-order valence-electron chi connectivity index (χ3n) is 4.56. The molecular formula is C22H24N4O6. The highest BCUT2D eigenvalue weighted by atomic mass is 16.5. The number of hydrogen-bond donors (Lipinski definition) is 2. The number of carbonyl (C=O) groups is 3. The summed E-state index contributed by atoms with van der Waals surface area (Å²) in [5.41, 5.74) is 3.15. The van der Waals surface area contributed by atoms with Crippen LogP contribution in [0.4, 0.5) is 5.69 Å². The number of hydrazone groups is 1. The summed E-state index contributed by atoms with van der Waals surface area (Å²) in [5, 5.41) is 6.27. The first-order valence-corrected chi connectivity index (χ1v) is 9.92. The first-order chi connectivity index (χ1) is 15.6. The molecule has 10 nitrogen and oxygen atoms in total. The standard InChI is InChI=1S/C22H24N4O6/c1-30-18-8-6-17(7-9-18)24-21(28)22(29)25-23-14-16-4-2-3-5-19(16)32-15-20(27)26-10-12-31-13-11-26/h2-9,14H,10-13,15H2,1H3,(H,24,28)(H,25,29)/b23-14-. The van der Waals surface area contributed by atoms with Gasteiger partial charge in [-0.1, -0.05) is 12.1 Å². The first kappa shape index (κ1) is 22.8. The summed E-state index contributed by atoms with van der Waals surface area (Å²) in [6.45, 7) is 1.98. The SMILES string of the molecule is COc1ccc(NC(=O)C(=O)N/N=C\c2ccccc2OCC(=O)N2CCOCC2)cc1. The molecule has 0 bridgehead atoms. The molecule has 2 aromatic carbocycles. The van der Waals surface area contributed by atoms with Crippen LogP contribution in [0.1, 0.15) is 5.56 Å². The van der Waals surface area contributed by atoms with Gasteiger partial charge in [0.25, 0.3) is 5.91 Å². The van der Waals surface area contributed by atoms with Gasteiger partial charge in [0, 0.05) is 24.3 Å². The maximum Gasteiger partial charge on any atom is 0.329 e. The van der Waals surface area contributed by atoms with Gasteiger partial charge in [-0.15, -0.1) is 0 Å². The maximum absolute atomic E-state index is 12.3. The molecule has 1 aliphatic rings. The van der Waals surface area contributed by atoms with E-state index >= 15 is 0 Å². The van der Waals surface area contributed by atoms with Crippen LogP contribution in [-0.2, 0) is 19.1 Å². The lowest BCUT2D eigenvalue weighted by atomic mass is 10.2. The monoisotopic (exact) mass is 440 g/mol. The van der Waals surface area contributed by atoms with Crippen LogP contribution >= 0.6 is 0 Å². The van der Waals surface area contributed by atoms with E-state index in [1.807, 2.05) is 0 Å². The number of benzene rings is 2. The molecule has 2 N–H and O–H groups in total. The number of ether oxygens (including phenoxy) is 3. The number of methoxy groups -OCH3 is 1. The van der Waals surface area contributed by atoms with Crippen molar-refractivity contribution in [3.8, 4) is 11.5 Å². The Bertz CT molecular complexity index is 971. The molecule has 3 amide bonds. The van der Waals surface area contributed by atoms with E-state index in [9.17, 15) is 14.4 Å². The lowest BCUT2D eigenvalue weighted by Crippen LogP contribution is -2.43. The van der Waals surface area contributed by atoms with Gasteiger partial charge in [-0.2, -0.15) is 5.10 Å². The zero-order valence-electron chi connectivity index (χ0n) is 17.6. The molecule has 0 aliphatic carbocycles. The van der Waals surface area contributed by atoms with Gasteiger partial charge >= 0.3 is 11.8 Å². The Balaban J connectivity index is 1.51. The van der Waals surface area contributed by atoms with Gasteiger partial charge < -0.3 is 24.4 Å². The molecule has 32 heavy (non-hydrogen) atoms. The minimum Gasteiger partial charge on any atom is -0.497 e. The van der Waals surface area contributed by atoms with E-state index in [0.717, 1.165) is 0 Å². The number of morpholine rings is 1. The molecule has 0 atom stereocenters. The number of nitrogens with one attached hydrogen (secondary N) is 2. The molecule has 1 saturated heterocycles. The van der Waals surface area contributed by atoms with Gasteiger partial charge in [0.05, 0.1) is 26.5 Å². The lowest BCUT2D eigenvalue weighted by Gasteiger charge is -2.26. The van der Waals surface area contributed by atoms with Gasteiger partial charge in [-0.25, -0.2) is 5.43 Å². The Morgan fingerprint density at radius 2 is 1.78 bits per heavy atom. The summed E-state index contributed by atoms with van der Waals surface area (Å²) >= 11 is 0. The van der Waals surface area contributed by atoms with Crippen LogP contribution < -0.4 is 20.2 Å². The van der Waals surface area contributed by atoms with Crippen molar-refractivity contribution < 1.29 is 28.6 Å². The van der Waals surface area contributed by atoms with E-state index in [2.05, 4.69) is 15.8 Å². The fraction of sp³-hybridized carbons (Fsp3) is 0.273. The number of nitrogens with zero attached hydrogens (tertiary/aromatic N) is 2. The molecular weight excluding hydrogens is 416 g/mol. The van der Waals surface area contributed by atoms with Crippen LogP contribution in [-0.4, -0.2) is 68.9 Å². The van der Waals surface area contributed by atoms with Crippen molar-refractivity contribution in [1.82, 2.24) is 10.3 Å². The molecule has 0 spiro atoms. The van der Waals surface area contributed by atoms with E-state index in [4.69, 9.17) is 14.2 Å². The van der Waals surface area contributed by atoms with Gasteiger partial charge in [-0.3, -0.25) is 14.4 Å². The van der Waals surface area contributed by atoms with E-state index in [0.29, 0.717) is 49.1 Å². The first-order valence-electron chi connectivity index (χ1n) is 9.92. The summed E-state index contributed by atoms with van der Waals surface area (Å²) in [7, 11) is 1.53. The van der Waals surface area contributed by atoms with Crippen LogP contribution in [0.3, 0.4) is 0 Å². The van der Waals surface area contributed by atoms with E-state index in [1.54, 1.807) is 53.4 Å². The predicted molar refractivity (Wildman–Crippen MR) is 117 cm³/mol.